The Morgan fingerprint density at radius 2 is 1.94 bits per heavy atom. The lowest BCUT2D eigenvalue weighted by molar-refractivity contribution is -0.142. The van der Waals surface area contributed by atoms with E-state index in [4.69, 9.17) is 5.11 Å². The van der Waals surface area contributed by atoms with Gasteiger partial charge in [-0.15, -0.1) is 0 Å². The van der Waals surface area contributed by atoms with E-state index in [1.54, 1.807) is 0 Å². The summed E-state index contributed by atoms with van der Waals surface area (Å²) >= 11 is 0. The lowest BCUT2D eigenvalue weighted by Gasteiger charge is -2.50. The molecule has 3 nitrogen and oxygen atoms in total. The molecule has 3 heteroatoms. The fraction of sp³-hybridized carbons (Fsp3) is 0.923. The van der Waals surface area contributed by atoms with Crippen LogP contribution in [0.2, 0.25) is 0 Å². The van der Waals surface area contributed by atoms with E-state index in [1.165, 1.54) is 6.42 Å². The van der Waals surface area contributed by atoms with Gasteiger partial charge < -0.3 is 10.0 Å². The predicted octanol–water partition coefficient (Wildman–Crippen LogP) is 2.61. The van der Waals surface area contributed by atoms with Crippen LogP contribution >= 0.6 is 0 Å². The number of rotatable bonds is 3. The van der Waals surface area contributed by atoms with Gasteiger partial charge in [0.2, 0.25) is 0 Å². The minimum absolute atomic E-state index is 0.160. The fourth-order valence-electron chi connectivity index (χ4n) is 3.61. The third kappa shape index (κ3) is 2.97. The molecule has 1 aliphatic carbocycles. The Morgan fingerprint density at radius 3 is 2.31 bits per heavy atom. The van der Waals surface area contributed by atoms with Gasteiger partial charge in [-0.05, 0) is 44.7 Å². The topological polar surface area (TPSA) is 40.5 Å². The molecule has 0 amide bonds. The Kier molecular flexibility index (Phi) is 3.68. The van der Waals surface area contributed by atoms with Crippen LogP contribution in [0.15, 0.2) is 0 Å². The van der Waals surface area contributed by atoms with Crippen molar-refractivity contribution in [3.05, 3.63) is 0 Å². The molecule has 0 heterocycles. The van der Waals surface area contributed by atoms with Gasteiger partial charge in [0.05, 0.1) is 6.42 Å². The molecule has 94 valence electrons. The van der Waals surface area contributed by atoms with Crippen LogP contribution in [0.5, 0.6) is 0 Å². The fourth-order valence-corrected chi connectivity index (χ4v) is 3.61. The average Bonchev–Trinajstić information content (AvgIpc) is 1.96. The molecule has 16 heavy (non-hydrogen) atoms. The summed E-state index contributed by atoms with van der Waals surface area (Å²) in [6, 6.07) is 0. The van der Waals surface area contributed by atoms with Crippen LogP contribution < -0.4 is 0 Å². The molecule has 1 saturated carbocycles. The van der Waals surface area contributed by atoms with Crippen molar-refractivity contribution in [1.29, 1.82) is 0 Å². The zero-order valence-electron chi connectivity index (χ0n) is 11.2. The zero-order valence-corrected chi connectivity index (χ0v) is 11.2. The van der Waals surface area contributed by atoms with E-state index >= 15 is 0 Å². The van der Waals surface area contributed by atoms with Gasteiger partial charge in [0.1, 0.15) is 0 Å². The van der Waals surface area contributed by atoms with E-state index < -0.39 is 5.97 Å². The first kappa shape index (κ1) is 13.5. The minimum atomic E-state index is -0.682. The van der Waals surface area contributed by atoms with Crippen molar-refractivity contribution < 1.29 is 9.90 Å². The Labute approximate surface area is 98.8 Å². The van der Waals surface area contributed by atoms with Gasteiger partial charge in [0.15, 0.2) is 0 Å². The highest BCUT2D eigenvalue weighted by atomic mass is 16.4. The van der Waals surface area contributed by atoms with Gasteiger partial charge in [-0.25, -0.2) is 0 Å². The third-order valence-corrected chi connectivity index (χ3v) is 3.87. The normalized spacial score (nSPS) is 34.0. The second-order valence-corrected chi connectivity index (χ2v) is 6.54. The van der Waals surface area contributed by atoms with Crippen molar-refractivity contribution in [2.75, 3.05) is 14.1 Å². The molecule has 1 fully saturated rings. The van der Waals surface area contributed by atoms with Crippen molar-refractivity contribution in [2.45, 2.75) is 52.0 Å². The van der Waals surface area contributed by atoms with Crippen LogP contribution in [-0.4, -0.2) is 35.6 Å². The molecule has 1 N–H and O–H groups in total. The molecule has 0 saturated heterocycles. The Bertz CT molecular complexity index is 273. The maximum absolute atomic E-state index is 11.1. The summed E-state index contributed by atoms with van der Waals surface area (Å²) in [6.45, 7) is 6.74. The molecule has 0 aromatic carbocycles. The van der Waals surface area contributed by atoms with E-state index in [0.29, 0.717) is 5.92 Å². The molecule has 1 aliphatic rings. The van der Waals surface area contributed by atoms with Crippen molar-refractivity contribution >= 4 is 5.97 Å². The van der Waals surface area contributed by atoms with Crippen LogP contribution in [0.1, 0.15) is 46.5 Å². The second-order valence-electron chi connectivity index (χ2n) is 6.54. The maximum atomic E-state index is 11.1. The van der Waals surface area contributed by atoms with Crippen LogP contribution in [0.3, 0.4) is 0 Å². The highest BCUT2D eigenvalue weighted by Crippen LogP contribution is 2.47. The average molecular weight is 227 g/mol. The van der Waals surface area contributed by atoms with E-state index in [0.717, 1.165) is 12.8 Å². The first-order valence-corrected chi connectivity index (χ1v) is 6.06. The predicted molar refractivity (Wildman–Crippen MR) is 65.5 cm³/mol. The number of aliphatic carboxylic acids is 1. The van der Waals surface area contributed by atoms with Gasteiger partial charge in [0.25, 0.3) is 0 Å². The van der Waals surface area contributed by atoms with Gasteiger partial charge in [0, 0.05) is 5.54 Å². The largest absolute Gasteiger partial charge is 0.481 e. The number of carboxylic acids is 1. The number of hydrogen-bond acceptors (Lipinski definition) is 2. The molecule has 0 bridgehead atoms. The van der Waals surface area contributed by atoms with E-state index in [9.17, 15) is 4.79 Å². The summed E-state index contributed by atoms with van der Waals surface area (Å²) in [7, 11) is 4.02. The zero-order chi connectivity index (χ0) is 12.6. The Hall–Kier alpha value is -0.570. The van der Waals surface area contributed by atoms with Crippen molar-refractivity contribution in [3.8, 4) is 0 Å². The smallest absolute Gasteiger partial charge is 0.305 e. The molecular weight excluding hydrogens is 202 g/mol. The van der Waals surface area contributed by atoms with Crippen molar-refractivity contribution in [1.82, 2.24) is 4.90 Å². The van der Waals surface area contributed by atoms with Crippen molar-refractivity contribution in [3.63, 3.8) is 0 Å². The molecule has 2 unspecified atom stereocenters. The summed E-state index contributed by atoms with van der Waals surface area (Å²) in [5, 5.41) is 9.11. The summed E-state index contributed by atoms with van der Waals surface area (Å²) in [5.41, 5.74) is 0.0877. The van der Waals surface area contributed by atoms with Crippen LogP contribution in [-0.2, 0) is 4.79 Å². The standard InChI is InChI=1S/C13H25NO2/c1-10-6-12(2,3)9-13(7-10,14(4)5)8-11(15)16/h10H,6-9H2,1-5H3,(H,15,16). The monoisotopic (exact) mass is 227 g/mol. The van der Waals surface area contributed by atoms with Crippen LogP contribution in [0, 0.1) is 11.3 Å². The summed E-state index contributed by atoms with van der Waals surface area (Å²) in [4.78, 5) is 13.2. The van der Waals surface area contributed by atoms with Gasteiger partial charge in [-0.3, -0.25) is 4.79 Å². The van der Waals surface area contributed by atoms with Crippen molar-refractivity contribution in [2.24, 2.45) is 11.3 Å². The Balaban J connectivity index is 2.95. The minimum Gasteiger partial charge on any atom is -0.481 e. The second kappa shape index (κ2) is 4.36. The van der Waals surface area contributed by atoms with E-state index in [-0.39, 0.29) is 17.4 Å². The summed E-state index contributed by atoms with van der Waals surface area (Å²) in [6.07, 6.45) is 3.43. The molecule has 0 aliphatic heterocycles. The number of nitrogens with zero attached hydrogens (tertiary/aromatic N) is 1. The van der Waals surface area contributed by atoms with Gasteiger partial charge in [-0.2, -0.15) is 0 Å². The SMILES string of the molecule is CC1CC(C)(C)CC(CC(=O)O)(N(C)C)C1. The van der Waals surface area contributed by atoms with Crippen LogP contribution in [0.4, 0.5) is 0 Å². The number of hydrogen-bond donors (Lipinski definition) is 1. The molecular formula is C13H25NO2. The highest BCUT2D eigenvalue weighted by Gasteiger charge is 2.45. The molecule has 0 aromatic rings. The van der Waals surface area contributed by atoms with E-state index in [2.05, 4.69) is 25.7 Å². The molecule has 1 rings (SSSR count). The van der Waals surface area contributed by atoms with E-state index in [1.807, 2.05) is 14.1 Å². The Morgan fingerprint density at radius 1 is 1.38 bits per heavy atom. The molecule has 2 atom stereocenters. The first-order valence-electron chi connectivity index (χ1n) is 6.06. The quantitative estimate of drug-likeness (QED) is 0.805. The maximum Gasteiger partial charge on any atom is 0.305 e. The summed E-state index contributed by atoms with van der Waals surface area (Å²) in [5.74, 6) is -0.0795. The first-order chi connectivity index (χ1) is 7.17. The lowest BCUT2D eigenvalue weighted by Crippen LogP contribution is -2.53. The van der Waals surface area contributed by atoms with Gasteiger partial charge in [-0.1, -0.05) is 20.8 Å². The highest BCUT2D eigenvalue weighted by molar-refractivity contribution is 5.68. The molecule has 0 spiro atoms. The molecule has 0 aromatic heterocycles. The summed E-state index contributed by atoms with van der Waals surface area (Å²) < 4.78 is 0. The van der Waals surface area contributed by atoms with Crippen LogP contribution in [0.25, 0.3) is 0 Å². The molecule has 0 radical (unpaired) electrons. The number of carbonyl (C=O) groups is 1. The number of carboxylic acid groups (broad SMARTS) is 1. The third-order valence-electron chi connectivity index (χ3n) is 3.87. The lowest BCUT2D eigenvalue weighted by atomic mass is 9.63. The van der Waals surface area contributed by atoms with Gasteiger partial charge >= 0.3 is 5.97 Å².